The first kappa shape index (κ1) is 13.1. The number of piperazine rings is 1. The van der Waals surface area contributed by atoms with Crippen LogP contribution in [0.15, 0.2) is 6.07 Å². The highest BCUT2D eigenvalue weighted by Gasteiger charge is 2.35. The van der Waals surface area contributed by atoms with E-state index < -0.39 is 6.04 Å². The summed E-state index contributed by atoms with van der Waals surface area (Å²) in [6.07, 6.45) is 0. The lowest BCUT2D eigenvalue weighted by atomic mass is 10.0. The van der Waals surface area contributed by atoms with Gasteiger partial charge in [0.2, 0.25) is 11.8 Å². The molecule has 1 aromatic rings. The van der Waals surface area contributed by atoms with Gasteiger partial charge in [-0.05, 0) is 39.3 Å². The van der Waals surface area contributed by atoms with Gasteiger partial charge in [0.25, 0.3) is 0 Å². The van der Waals surface area contributed by atoms with Gasteiger partial charge in [0, 0.05) is 9.75 Å². The Labute approximate surface area is 111 Å². The number of nitrogens with one attached hydrogen (secondary N) is 1. The number of thiophene rings is 1. The van der Waals surface area contributed by atoms with Gasteiger partial charge < -0.3 is 10.2 Å². The molecule has 2 unspecified atom stereocenters. The molecule has 0 bridgehead atoms. The second kappa shape index (κ2) is 4.72. The van der Waals surface area contributed by atoms with E-state index in [1.54, 1.807) is 23.2 Å². The van der Waals surface area contributed by atoms with Crippen LogP contribution in [0.25, 0.3) is 0 Å². The minimum absolute atomic E-state index is 0.0159. The molecule has 1 aliphatic rings. The Morgan fingerprint density at radius 1 is 1.44 bits per heavy atom. The summed E-state index contributed by atoms with van der Waals surface area (Å²) in [5, 5.41) is 2.61. The van der Waals surface area contributed by atoms with Crippen LogP contribution in [0, 0.1) is 13.8 Å². The second-order valence-corrected chi connectivity index (χ2v) is 6.20. The molecule has 2 atom stereocenters. The summed E-state index contributed by atoms with van der Waals surface area (Å²) < 4.78 is 0. The predicted molar refractivity (Wildman–Crippen MR) is 71.5 cm³/mol. The van der Waals surface area contributed by atoms with Crippen molar-refractivity contribution in [3.63, 3.8) is 0 Å². The van der Waals surface area contributed by atoms with E-state index in [9.17, 15) is 9.59 Å². The minimum atomic E-state index is -0.402. The number of carbonyl (C=O) groups excluding carboxylic acids is 2. The molecule has 0 aliphatic carbocycles. The van der Waals surface area contributed by atoms with Crippen LogP contribution in [0.2, 0.25) is 0 Å². The maximum atomic E-state index is 12.0. The highest BCUT2D eigenvalue weighted by Crippen LogP contribution is 2.31. The molecule has 0 radical (unpaired) electrons. The Hall–Kier alpha value is -1.36. The van der Waals surface area contributed by atoms with Crippen molar-refractivity contribution in [3.05, 3.63) is 21.4 Å². The number of aryl methyl sites for hydroxylation is 2. The fraction of sp³-hybridized carbons (Fsp3) is 0.538. The van der Waals surface area contributed by atoms with Crippen LogP contribution in [0.5, 0.6) is 0 Å². The lowest BCUT2D eigenvalue weighted by Gasteiger charge is -2.37. The zero-order valence-electron chi connectivity index (χ0n) is 11.1. The van der Waals surface area contributed by atoms with Gasteiger partial charge >= 0.3 is 0 Å². The second-order valence-electron chi connectivity index (χ2n) is 4.74. The summed E-state index contributed by atoms with van der Waals surface area (Å²) in [6.45, 7) is 7.99. The third kappa shape index (κ3) is 2.14. The molecular formula is C13H18N2O2S. The minimum Gasteiger partial charge on any atom is -0.345 e. The number of nitrogens with zero attached hydrogens (tertiary/aromatic N) is 1. The van der Waals surface area contributed by atoms with Crippen molar-refractivity contribution in [1.82, 2.24) is 10.2 Å². The lowest BCUT2D eigenvalue weighted by Crippen LogP contribution is -2.57. The lowest BCUT2D eigenvalue weighted by molar-refractivity contribution is -0.147. The summed E-state index contributed by atoms with van der Waals surface area (Å²) in [7, 11) is 0. The van der Waals surface area contributed by atoms with Gasteiger partial charge in [-0.15, -0.1) is 11.3 Å². The molecule has 1 fully saturated rings. The summed E-state index contributed by atoms with van der Waals surface area (Å²) in [4.78, 5) is 27.8. The molecule has 1 aliphatic heterocycles. The first-order chi connectivity index (χ1) is 8.41. The van der Waals surface area contributed by atoms with Crippen LogP contribution >= 0.6 is 11.3 Å². The Bertz CT molecular complexity index is 495. The normalized spacial score (nSPS) is 22.0. The molecule has 5 heteroatoms. The van der Waals surface area contributed by atoms with Gasteiger partial charge in [-0.2, -0.15) is 0 Å². The SMILES string of the molecule is Cc1cc(C(C)N2C(=O)CNC(=O)C2C)c(C)s1. The summed E-state index contributed by atoms with van der Waals surface area (Å²) in [5.74, 6) is -0.0936. The number of amides is 2. The number of carbonyl (C=O) groups is 2. The molecule has 1 saturated heterocycles. The molecule has 2 amide bonds. The van der Waals surface area contributed by atoms with Crippen molar-refractivity contribution in [2.45, 2.75) is 39.8 Å². The summed E-state index contributed by atoms with van der Waals surface area (Å²) in [6, 6.07) is 1.65. The van der Waals surface area contributed by atoms with Gasteiger partial charge in [0.05, 0.1) is 12.6 Å². The average molecular weight is 266 g/mol. The highest BCUT2D eigenvalue weighted by molar-refractivity contribution is 7.12. The maximum Gasteiger partial charge on any atom is 0.243 e. The van der Waals surface area contributed by atoms with Crippen LogP contribution in [0.1, 0.15) is 35.2 Å². The quantitative estimate of drug-likeness (QED) is 0.887. The van der Waals surface area contributed by atoms with E-state index in [2.05, 4.69) is 25.2 Å². The third-order valence-electron chi connectivity index (χ3n) is 3.45. The van der Waals surface area contributed by atoms with Gasteiger partial charge in [0.1, 0.15) is 6.04 Å². The van der Waals surface area contributed by atoms with E-state index in [4.69, 9.17) is 0 Å². The summed E-state index contributed by atoms with van der Waals surface area (Å²) >= 11 is 1.73. The van der Waals surface area contributed by atoms with Crippen molar-refractivity contribution in [2.75, 3.05) is 6.54 Å². The molecular weight excluding hydrogens is 248 g/mol. The topological polar surface area (TPSA) is 49.4 Å². The monoisotopic (exact) mass is 266 g/mol. The standard InChI is InChI=1S/C13H18N2O2S/c1-7-5-11(10(4)18-7)8(2)15-9(3)13(17)14-6-12(15)16/h5,8-9H,6H2,1-4H3,(H,14,17). The zero-order chi connectivity index (χ0) is 13.4. The van der Waals surface area contributed by atoms with E-state index >= 15 is 0 Å². The van der Waals surface area contributed by atoms with E-state index in [0.717, 1.165) is 5.56 Å². The van der Waals surface area contributed by atoms with Crippen LogP contribution in [-0.2, 0) is 9.59 Å². The van der Waals surface area contributed by atoms with Gasteiger partial charge in [-0.3, -0.25) is 9.59 Å². The fourth-order valence-corrected chi connectivity index (χ4v) is 3.53. The van der Waals surface area contributed by atoms with Gasteiger partial charge in [-0.25, -0.2) is 0 Å². The average Bonchev–Trinajstić information content (AvgIpc) is 2.63. The number of hydrogen-bond acceptors (Lipinski definition) is 3. The predicted octanol–water partition coefficient (Wildman–Crippen LogP) is 1.77. The summed E-state index contributed by atoms with van der Waals surface area (Å²) in [5.41, 5.74) is 1.15. The number of hydrogen-bond donors (Lipinski definition) is 1. The van der Waals surface area contributed by atoms with E-state index in [0.29, 0.717) is 0 Å². The first-order valence-corrected chi connectivity index (χ1v) is 6.89. The zero-order valence-corrected chi connectivity index (χ0v) is 11.9. The molecule has 4 nitrogen and oxygen atoms in total. The van der Waals surface area contributed by atoms with Crippen molar-refractivity contribution in [2.24, 2.45) is 0 Å². The van der Waals surface area contributed by atoms with Gasteiger partial charge in [0.15, 0.2) is 0 Å². The molecule has 1 N–H and O–H groups in total. The van der Waals surface area contributed by atoms with Crippen LogP contribution < -0.4 is 5.32 Å². The number of rotatable bonds is 2. The molecule has 98 valence electrons. The van der Waals surface area contributed by atoms with Gasteiger partial charge in [-0.1, -0.05) is 0 Å². The van der Waals surface area contributed by atoms with Crippen LogP contribution in [0.4, 0.5) is 0 Å². The Morgan fingerprint density at radius 2 is 2.11 bits per heavy atom. The van der Waals surface area contributed by atoms with E-state index in [1.165, 1.54) is 9.75 Å². The molecule has 0 spiro atoms. The molecule has 1 aromatic heterocycles. The maximum absolute atomic E-state index is 12.0. The Morgan fingerprint density at radius 3 is 2.67 bits per heavy atom. The molecule has 18 heavy (non-hydrogen) atoms. The smallest absolute Gasteiger partial charge is 0.243 e. The fourth-order valence-electron chi connectivity index (χ4n) is 2.51. The molecule has 0 aromatic carbocycles. The van der Waals surface area contributed by atoms with Crippen molar-refractivity contribution in [3.8, 4) is 0 Å². The Kier molecular flexibility index (Phi) is 3.43. The van der Waals surface area contributed by atoms with E-state index in [-0.39, 0.29) is 24.4 Å². The van der Waals surface area contributed by atoms with Crippen LogP contribution in [-0.4, -0.2) is 29.3 Å². The third-order valence-corrected chi connectivity index (χ3v) is 4.43. The van der Waals surface area contributed by atoms with Crippen molar-refractivity contribution < 1.29 is 9.59 Å². The highest BCUT2D eigenvalue weighted by atomic mass is 32.1. The first-order valence-electron chi connectivity index (χ1n) is 6.07. The van der Waals surface area contributed by atoms with E-state index in [1.807, 2.05) is 6.92 Å². The Balaban J connectivity index is 2.31. The largest absolute Gasteiger partial charge is 0.345 e. The van der Waals surface area contributed by atoms with Crippen molar-refractivity contribution in [1.29, 1.82) is 0 Å². The molecule has 2 rings (SSSR count). The molecule has 0 saturated carbocycles. The van der Waals surface area contributed by atoms with Crippen LogP contribution in [0.3, 0.4) is 0 Å². The molecule has 2 heterocycles. The van der Waals surface area contributed by atoms with Crippen molar-refractivity contribution >= 4 is 23.2 Å².